The number of benzene rings is 1. The van der Waals surface area contributed by atoms with Crippen molar-refractivity contribution in [1.82, 2.24) is 4.98 Å². The Hall–Kier alpha value is -2.23. The minimum atomic E-state index is -0.0996. The van der Waals surface area contributed by atoms with Gasteiger partial charge in [-0.3, -0.25) is 4.79 Å². The monoisotopic (exact) mass is 200 g/mol. The molecule has 0 atom stereocenters. The fraction of sp³-hybridized carbons (Fsp3) is 0. The molecule has 0 aliphatic rings. The van der Waals surface area contributed by atoms with Gasteiger partial charge in [-0.1, -0.05) is 0 Å². The molecule has 0 unspecified atom stereocenters. The first-order valence-corrected chi connectivity index (χ1v) is 4.43. The number of rotatable bonds is 3. The van der Waals surface area contributed by atoms with Crippen LogP contribution in [0.3, 0.4) is 0 Å². The minimum Gasteiger partial charge on any atom is -0.359 e. The molecule has 4 heteroatoms. The first-order valence-electron chi connectivity index (χ1n) is 4.43. The van der Waals surface area contributed by atoms with Crippen molar-refractivity contribution in [2.45, 2.75) is 0 Å². The lowest BCUT2D eigenvalue weighted by molar-refractivity contribution is 0.103. The van der Waals surface area contributed by atoms with Gasteiger partial charge in [0.25, 0.3) is 0 Å². The summed E-state index contributed by atoms with van der Waals surface area (Å²) >= 11 is 0. The van der Waals surface area contributed by atoms with Crippen LogP contribution < -0.4 is 0 Å². The first-order chi connectivity index (χ1) is 7.31. The predicted octanol–water partition coefficient (Wildman–Crippen LogP) is 2.64. The van der Waals surface area contributed by atoms with E-state index in [1.54, 1.807) is 30.5 Å². The van der Waals surface area contributed by atoms with Gasteiger partial charge in [0.05, 0.1) is 5.69 Å². The van der Waals surface area contributed by atoms with Gasteiger partial charge in [-0.05, 0) is 41.6 Å². The standard InChI is InChI=1S/C11H8N2O2/c14-11(10-2-1-7-12-10)8-3-5-9(13-15)6-4-8/h1-7,12H. The third-order valence-electron chi connectivity index (χ3n) is 2.08. The number of hydrogen-bond acceptors (Lipinski definition) is 3. The molecule has 0 radical (unpaired) electrons. The van der Waals surface area contributed by atoms with Crippen molar-refractivity contribution < 1.29 is 4.79 Å². The molecule has 0 aliphatic carbocycles. The summed E-state index contributed by atoms with van der Waals surface area (Å²) in [6.45, 7) is 0. The van der Waals surface area contributed by atoms with Gasteiger partial charge in [0.15, 0.2) is 0 Å². The van der Waals surface area contributed by atoms with Gasteiger partial charge in [0.1, 0.15) is 5.69 Å². The van der Waals surface area contributed by atoms with Crippen LogP contribution in [0.1, 0.15) is 16.1 Å². The number of nitroso groups, excluding NO2 is 1. The highest BCUT2D eigenvalue weighted by Crippen LogP contribution is 2.14. The van der Waals surface area contributed by atoms with E-state index in [1.165, 1.54) is 12.1 Å². The maximum absolute atomic E-state index is 11.8. The van der Waals surface area contributed by atoms with Crippen molar-refractivity contribution in [2.75, 3.05) is 0 Å². The summed E-state index contributed by atoms with van der Waals surface area (Å²) < 4.78 is 0. The Morgan fingerprint density at radius 2 is 1.87 bits per heavy atom. The summed E-state index contributed by atoms with van der Waals surface area (Å²) in [5, 5.41) is 2.76. The van der Waals surface area contributed by atoms with E-state index in [0.717, 1.165) is 0 Å². The van der Waals surface area contributed by atoms with E-state index < -0.39 is 0 Å². The highest BCUT2D eigenvalue weighted by atomic mass is 16.3. The molecule has 1 N–H and O–H groups in total. The average Bonchev–Trinajstić information content (AvgIpc) is 2.82. The largest absolute Gasteiger partial charge is 0.359 e. The molecule has 0 aliphatic heterocycles. The van der Waals surface area contributed by atoms with E-state index in [4.69, 9.17) is 0 Å². The van der Waals surface area contributed by atoms with E-state index in [-0.39, 0.29) is 5.78 Å². The van der Waals surface area contributed by atoms with Crippen LogP contribution in [0.4, 0.5) is 5.69 Å². The molecule has 1 heterocycles. The normalized spacial score (nSPS) is 9.87. The van der Waals surface area contributed by atoms with Crippen molar-refractivity contribution in [3.8, 4) is 0 Å². The number of H-pyrrole nitrogens is 1. The lowest BCUT2D eigenvalue weighted by atomic mass is 10.1. The fourth-order valence-corrected chi connectivity index (χ4v) is 1.30. The highest BCUT2D eigenvalue weighted by molar-refractivity contribution is 6.07. The van der Waals surface area contributed by atoms with Gasteiger partial charge in [0, 0.05) is 11.8 Å². The number of ketones is 1. The molecule has 0 amide bonds. The molecule has 0 saturated heterocycles. The van der Waals surface area contributed by atoms with Crippen molar-refractivity contribution in [1.29, 1.82) is 0 Å². The summed E-state index contributed by atoms with van der Waals surface area (Å²) in [6.07, 6.45) is 1.69. The van der Waals surface area contributed by atoms with Gasteiger partial charge in [-0.15, -0.1) is 4.91 Å². The molecule has 0 spiro atoms. The van der Waals surface area contributed by atoms with E-state index in [1.807, 2.05) is 0 Å². The molecule has 0 saturated carbocycles. The Balaban J connectivity index is 2.30. The van der Waals surface area contributed by atoms with E-state index in [2.05, 4.69) is 10.2 Å². The summed E-state index contributed by atoms with van der Waals surface area (Å²) in [7, 11) is 0. The van der Waals surface area contributed by atoms with Crippen LogP contribution in [0.2, 0.25) is 0 Å². The molecule has 74 valence electrons. The zero-order chi connectivity index (χ0) is 10.7. The molecule has 15 heavy (non-hydrogen) atoms. The number of aromatic nitrogens is 1. The van der Waals surface area contributed by atoms with Crippen molar-refractivity contribution in [3.63, 3.8) is 0 Å². The Morgan fingerprint density at radius 1 is 1.13 bits per heavy atom. The van der Waals surface area contributed by atoms with Crippen LogP contribution in [-0.2, 0) is 0 Å². The molecule has 1 aromatic carbocycles. The highest BCUT2D eigenvalue weighted by Gasteiger charge is 2.08. The number of carbonyl (C=O) groups excluding carboxylic acids is 1. The van der Waals surface area contributed by atoms with Gasteiger partial charge in [-0.2, -0.15) is 0 Å². The van der Waals surface area contributed by atoms with Gasteiger partial charge in [0.2, 0.25) is 5.78 Å². The third-order valence-corrected chi connectivity index (χ3v) is 2.08. The Bertz CT molecular complexity index is 472. The van der Waals surface area contributed by atoms with Gasteiger partial charge in [-0.25, -0.2) is 0 Å². The predicted molar refractivity (Wildman–Crippen MR) is 56.1 cm³/mol. The maximum atomic E-state index is 11.8. The van der Waals surface area contributed by atoms with Crippen LogP contribution >= 0.6 is 0 Å². The molecule has 2 aromatic rings. The summed E-state index contributed by atoms with van der Waals surface area (Å²) in [5.74, 6) is -0.0996. The molecular weight excluding hydrogens is 192 g/mol. The second-order valence-electron chi connectivity index (χ2n) is 3.05. The minimum absolute atomic E-state index is 0.0996. The van der Waals surface area contributed by atoms with Crippen LogP contribution in [-0.4, -0.2) is 10.8 Å². The zero-order valence-electron chi connectivity index (χ0n) is 7.81. The number of nitrogens with zero attached hydrogens (tertiary/aromatic N) is 1. The molecular formula is C11H8N2O2. The molecule has 0 fully saturated rings. The maximum Gasteiger partial charge on any atom is 0.209 e. The number of carbonyl (C=O) groups is 1. The van der Waals surface area contributed by atoms with Crippen molar-refractivity contribution >= 4 is 11.5 Å². The van der Waals surface area contributed by atoms with Crippen molar-refractivity contribution in [2.24, 2.45) is 5.18 Å². The fourth-order valence-electron chi connectivity index (χ4n) is 1.30. The lowest BCUT2D eigenvalue weighted by Gasteiger charge is -1.97. The van der Waals surface area contributed by atoms with Crippen LogP contribution in [0.5, 0.6) is 0 Å². The molecule has 4 nitrogen and oxygen atoms in total. The SMILES string of the molecule is O=Nc1ccc(C(=O)c2ccc[nH]2)cc1. The first kappa shape index (κ1) is 9.33. The summed E-state index contributed by atoms with van der Waals surface area (Å²) in [6, 6.07) is 9.66. The Morgan fingerprint density at radius 3 is 2.40 bits per heavy atom. The molecule has 2 rings (SSSR count). The van der Waals surface area contributed by atoms with Crippen LogP contribution in [0.15, 0.2) is 47.8 Å². The topological polar surface area (TPSA) is 62.3 Å². The number of hydrogen-bond donors (Lipinski definition) is 1. The lowest BCUT2D eigenvalue weighted by Crippen LogP contribution is -2.00. The van der Waals surface area contributed by atoms with E-state index >= 15 is 0 Å². The quantitative estimate of drug-likeness (QED) is 0.611. The summed E-state index contributed by atoms with van der Waals surface area (Å²) in [4.78, 5) is 24.8. The zero-order valence-corrected chi connectivity index (χ0v) is 7.81. The average molecular weight is 200 g/mol. The van der Waals surface area contributed by atoms with E-state index in [9.17, 15) is 9.70 Å². The third kappa shape index (κ3) is 1.83. The number of nitrogens with one attached hydrogen (secondary N) is 1. The second kappa shape index (κ2) is 3.88. The molecule has 1 aromatic heterocycles. The smallest absolute Gasteiger partial charge is 0.209 e. The Labute approximate surface area is 85.9 Å². The van der Waals surface area contributed by atoms with E-state index in [0.29, 0.717) is 16.9 Å². The Kier molecular flexibility index (Phi) is 2.41. The molecule has 0 bridgehead atoms. The van der Waals surface area contributed by atoms with Crippen LogP contribution in [0, 0.1) is 4.91 Å². The van der Waals surface area contributed by atoms with Crippen molar-refractivity contribution in [3.05, 3.63) is 58.8 Å². The number of aromatic amines is 1. The van der Waals surface area contributed by atoms with Crippen LogP contribution in [0.25, 0.3) is 0 Å². The van der Waals surface area contributed by atoms with Gasteiger partial charge >= 0.3 is 0 Å². The summed E-state index contributed by atoms with van der Waals surface area (Å²) in [5.41, 5.74) is 1.38. The second-order valence-corrected chi connectivity index (χ2v) is 3.05. The van der Waals surface area contributed by atoms with Gasteiger partial charge < -0.3 is 4.98 Å².